The third-order valence-corrected chi connectivity index (χ3v) is 4.19. The Morgan fingerprint density at radius 2 is 1.91 bits per heavy atom. The van der Waals surface area contributed by atoms with Gasteiger partial charge in [-0.25, -0.2) is 13.9 Å². The fourth-order valence-electron chi connectivity index (χ4n) is 2.48. The molecule has 0 fully saturated rings. The number of H-pyrrole nitrogens is 1. The van der Waals surface area contributed by atoms with Crippen molar-refractivity contribution < 1.29 is 8.76 Å². The molecule has 2 atom stereocenters. The number of pyridine rings is 2. The quantitative estimate of drug-likeness (QED) is 0.640. The Morgan fingerprint density at radius 3 is 2.61 bits per heavy atom. The first kappa shape index (κ1) is 15.5. The van der Waals surface area contributed by atoms with Gasteiger partial charge in [-0.2, -0.15) is 0 Å². The van der Waals surface area contributed by atoms with Crippen LogP contribution in [-0.2, 0) is 11.3 Å². The number of rotatable bonds is 4. The van der Waals surface area contributed by atoms with E-state index in [9.17, 15) is 9.00 Å². The number of fused-ring (bicyclic) bond motifs is 1. The van der Waals surface area contributed by atoms with Crippen molar-refractivity contribution >= 4 is 22.3 Å². The van der Waals surface area contributed by atoms with Crippen molar-refractivity contribution in [2.24, 2.45) is 0 Å². The van der Waals surface area contributed by atoms with E-state index in [0.717, 1.165) is 22.1 Å². The molecule has 1 aromatic carbocycles. The highest BCUT2D eigenvalue weighted by atomic mass is 32.2. The number of benzene rings is 1. The standard InChI is InChI=1S/C16H15N3O3S/c1-10(19-23(21)22)11-2-4-12(5-3-11)13-8-9-17-16-14(13)6-7-15(20)18-16/h2-10,19H,1H3,(H,21,22)(H,17,18,20)/t10-/m1/s1. The maximum atomic E-state index is 11.4. The van der Waals surface area contributed by atoms with Crippen molar-refractivity contribution in [1.82, 2.24) is 14.7 Å². The Hall–Kier alpha value is -2.35. The molecule has 1 unspecified atom stereocenters. The third-order valence-electron chi connectivity index (χ3n) is 3.63. The second kappa shape index (κ2) is 6.41. The highest BCUT2D eigenvalue weighted by molar-refractivity contribution is 7.77. The summed E-state index contributed by atoms with van der Waals surface area (Å²) >= 11 is -2.05. The highest BCUT2D eigenvalue weighted by Crippen LogP contribution is 2.27. The van der Waals surface area contributed by atoms with E-state index in [1.54, 1.807) is 12.3 Å². The topological polar surface area (TPSA) is 95.1 Å². The van der Waals surface area contributed by atoms with Crippen molar-refractivity contribution in [3.05, 3.63) is 64.6 Å². The lowest BCUT2D eigenvalue weighted by Gasteiger charge is -2.12. The Balaban J connectivity index is 2.00. The van der Waals surface area contributed by atoms with E-state index in [1.165, 1.54) is 6.07 Å². The molecule has 3 rings (SSSR count). The van der Waals surface area contributed by atoms with Crippen molar-refractivity contribution in [3.63, 3.8) is 0 Å². The van der Waals surface area contributed by atoms with Gasteiger partial charge in [0.25, 0.3) is 0 Å². The van der Waals surface area contributed by atoms with E-state index in [0.29, 0.717) is 5.65 Å². The van der Waals surface area contributed by atoms with Crippen LogP contribution >= 0.6 is 0 Å². The second-order valence-electron chi connectivity index (χ2n) is 5.15. The maximum Gasteiger partial charge on any atom is 0.249 e. The molecular weight excluding hydrogens is 314 g/mol. The highest BCUT2D eigenvalue weighted by Gasteiger charge is 2.09. The van der Waals surface area contributed by atoms with Gasteiger partial charge in [0.05, 0.1) is 0 Å². The molecule has 0 saturated heterocycles. The molecule has 3 N–H and O–H groups in total. The minimum absolute atomic E-state index is 0.186. The average Bonchev–Trinajstić information content (AvgIpc) is 2.53. The molecule has 0 saturated carbocycles. The first-order valence-electron chi connectivity index (χ1n) is 7.00. The van der Waals surface area contributed by atoms with Crippen LogP contribution in [0, 0.1) is 0 Å². The Labute approximate surface area is 135 Å². The van der Waals surface area contributed by atoms with Gasteiger partial charge in [0.2, 0.25) is 16.8 Å². The monoisotopic (exact) mass is 329 g/mol. The van der Waals surface area contributed by atoms with Crippen LogP contribution in [0.1, 0.15) is 18.5 Å². The second-order valence-corrected chi connectivity index (χ2v) is 5.89. The largest absolute Gasteiger partial charge is 0.307 e. The fourth-order valence-corrected chi connectivity index (χ4v) is 2.92. The lowest BCUT2D eigenvalue weighted by molar-refractivity contribution is 0.536. The zero-order chi connectivity index (χ0) is 16.4. The van der Waals surface area contributed by atoms with Crippen LogP contribution < -0.4 is 10.3 Å². The van der Waals surface area contributed by atoms with Crippen molar-refractivity contribution in [1.29, 1.82) is 0 Å². The molecule has 2 heterocycles. The molecule has 0 amide bonds. The maximum absolute atomic E-state index is 11.4. The van der Waals surface area contributed by atoms with Crippen LogP contribution in [-0.4, -0.2) is 18.7 Å². The van der Waals surface area contributed by atoms with Gasteiger partial charge >= 0.3 is 0 Å². The van der Waals surface area contributed by atoms with Gasteiger partial charge in [-0.1, -0.05) is 24.3 Å². The van der Waals surface area contributed by atoms with E-state index in [2.05, 4.69) is 14.7 Å². The molecular formula is C16H15N3O3S. The third kappa shape index (κ3) is 3.37. The normalized spacial score (nSPS) is 13.8. The average molecular weight is 329 g/mol. The summed E-state index contributed by atoms with van der Waals surface area (Å²) < 4.78 is 22.2. The summed E-state index contributed by atoms with van der Waals surface area (Å²) in [5.74, 6) is 0. The van der Waals surface area contributed by atoms with Crippen LogP contribution in [0.3, 0.4) is 0 Å². The molecule has 3 aromatic rings. The molecule has 0 radical (unpaired) electrons. The van der Waals surface area contributed by atoms with E-state index in [4.69, 9.17) is 4.55 Å². The number of nitrogens with zero attached hydrogens (tertiary/aromatic N) is 1. The van der Waals surface area contributed by atoms with Crippen molar-refractivity contribution in [2.45, 2.75) is 13.0 Å². The summed E-state index contributed by atoms with van der Waals surface area (Å²) in [5, 5.41) is 0.863. The SMILES string of the molecule is C[C@@H](NS(=O)O)c1ccc(-c2ccnc3[nH]c(=O)ccc23)cc1. The molecule has 0 aliphatic heterocycles. The van der Waals surface area contributed by atoms with E-state index >= 15 is 0 Å². The van der Waals surface area contributed by atoms with Gasteiger partial charge in [-0.3, -0.25) is 9.35 Å². The predicted molar refractivity (Wildman–Crippen MR) is 90.1 cm³/mol. The molecule has 7 heteroatoms. The lowest BCUT2D eigenvalue weighted by atomic mass is 10.00. The predicted octanol–water partition coefficient (Wildman–Crippen LogP) is 2.38. The zero-order valence-corrected chi connectivity index (χ0v) is 13.1. The van der Waals surface area contributed by atoms with Crippen LogP contribution in [0.25, 0.3) is 22.2 Å². The van der Waals surface area contributed by atoms with Gasteiger partial charge in [0.1, 0.15) is 5.65 Å². The first-order valence-corrected chi connectivity index (χ1v) is 8.10. The lowest BCUT2D eigenvalue weighted by Crippen LogP contribution is -2.20. The molecule has 0 bridgehead atoms. The summed E-state index contributed by atoms with van der Waals surface area (Å²) in [6, 6.07) is 12.6. The number of nitrogens with one attached hydrogen (secondary N) is 2. The van der Waals surface area contributed by atoms with E-state index in [-0.39, 0.29) is 11.6 Å². The number of aromatic nitrogens is 2. The van der Waals surface area contributed by atoms with Gasteiger partial charge < -0.3 is 4.98 Å². The minimum atomic E-state index is -2.05. The Morgan fingerprint density at radius 1 is 1.17 bits per heavy atom. The summed E-state index contributed by atoms with van der Waals surface area (Å²) in [6.07, 6.45) is 1.65. The smallest absolute Gasteiger partial charge is 0.249 e. The van der Waals surface area contributed by atoms with Gasteiger partial charge in [-0.05, 0) is 35.7 Å². The molecule has 118 valence electrons. The number of hydrogen-bond acceptors (Lipinski definition) is 3. The Bertz CT molecular complexity index is 922. The van der Waals surface area contributed by atoms with Crippen LogP contribution in [0.15, 0.2) is 53.5 Å². The van der Waals surface area contributed by atoms with Crippen LogP contribution in [0.4, 0.5) is 0 Å². The van der Waals surface area contributed by atoms with E-state index in [1.807, 2.05) is 37.3 Å². The number of hydrogen-bond donors (Lipinski definition) is 3. The van der Waals surface area contributed by atoms with Gasteiger partial charge in [-0.15, -0.1) is 0 Å². The first-order chi connectivity index (χ1) is 11.0. The molecule has 6 nitrogen and oxygen atoms in total. The zero-order valence-electron chi connectivity index (χ0n) is 12.3. The summed E-state index contributed by atoms with van der Waals surface area (Å²) in [7, 11) is 0. The summed E-state index contributed by atoms with van der Waals surface area (Å²) in [6.45, 7) is 1.82. The van der Waals surface area contributed by atoms with Crippen LogP contribution in [0.5, 0.6) is 0 Å². The summed E-state index contributed by atoms with van der Waals surface area (Å²) in [5.41, 5.74) is 3.21. The Kier molecular flexibility index (Phi) is 4.33. The van der Waals surface area contributed by atoms with Crippen molar-refractivity contribution in [3.8, 4) is 11.1 Å². The molecule has 0 spiro atoms. The van der Waals surface area contributed by atoms with Gasteiger partial charge in [0.15, 0.2) is 0 Å². The molecule has 2 aromatic heterocycles. The minimum Gasteiger partial charge on any atom is -0.307 e. The summed E-state index contributed by atoms with van der Waals surface area (Å²) in [4.78, 5) is 18.3. The number of aromatic amines is 1. The van der Waals surface area contributed by atoms with Crippen molar-refractivity contribution in [2.75, 3.05) is 0 Å². The molecule has 0 aliphatic rings. The molecule has 0 aliphatic carbocycles. The fraction of sp³-hybridized carbons (Fsp3) is 0.125. The van der Waals surface area contributed by atoms with E-state index < -0.39 is 11.3 Å². The van der Waals surface area contributed by atoms with Crippen LogP contribution in [0.2, 0.25) is 0 Å². The van der Waals surface area contributed by atoms with Gasteiger partial charge in [0, 0.05) is 23.7 Å². The molecule has 23 heavy (non-hydrogen) atoms.